The molecular formula is C15H20F2N2. The van der Waals surface area contributed by atoms with Crippen molar-refractivity contribution in [2.24, 2.45) is 5.84 Å². The third kappa shape index (κ3) is 3.61. The van der Waals surface area contributed by atoms with Crippen molar-refractivity contribution in [1.29, 1.82) is 0 Å². The van der Waals surface area contributed by atoms with E-state index >= 15 is 0 Å². The quantitative estimate of drug-likeness (QED) is 0.497. The van der Waals surface area contributed by atoms with Gasteiger partial charge in [-0.2, -0.15) is 0 Å². The highest BCUT2D eigenvalue weighted by Crippen LogP contribution is 2.28. The van der Waals surface area contributed by atoms with Crippen molar-refractivity contribution in [3.8, 4) is 0 Å². The maximum atomic E-state index is 13.3. The summed E-state index contributed by atoms with van der Waals surface area (Å²) < 4.78 is 26.3. The predicted molar refractivity (Wildman–Crippen MR) is 72.2 cm³/mol. The Hall–Kier alpha value is -1.26. The Morgan fingerprint density at radius 3 is 2.58 bits per heavy atom. The number of benzene rings is 1. The standard InChI is InChI=1S/C15H20F2N2/c16-13-9-8-12(10-14(13)17)15(19-18)11-6-4-2-1-3-5-7-11/h6,8-10,15,19H,1-5,7,18H2/b11-6+. The van der Waals surface area contributed by atoms with Crippen LogP contribution in [0.15, 0.2) is 29.8 Å². The zero-order valence-corrected chi connectivity index (χ0v) is 11.0. The van der Waals surface area contributed by atoms with Gasteiger partial charge in [0.2, 0.25) is 0 Å². The molecule has 1 aromatic carbocycles. The lowest BCUT2D eigenvalue weighted by Gasteiger charge is -2.22. The average Bonchev–Trinajstić information content (AvgIpc) is 2.36. The molecule has 4 heteroatoms. The van der Waals surface area contributed by atoms with E-state index in [1.165, 1.54) is 30.9 Å². The second kappa shape index (κ2) is 6.78. The maximum Gasteiger partial charge on any atom is 0.159 e. The molecule has 0 aromatic heterocycles. The van der Waals surface area contributed by atoms with Crippen molar-refractivity contribution in [3.63, 3.8) is 0 Å². The van der Waals surface area contributed by atoms with Gasteiger partial charge in [0.15, 0.2) is 11.6 Å². The number of nitrogens with one attached hydrogen (secondary N) is 1. The Morgan fingerprint density at radius 1 is 1.05 bits per heavy atom. The van der Waals surface area contributed by atoms with E-state index in [-0.39, 0.29) is 6.04 Å². The van der Waals surface area contributed by atoms with Gasteiger partial charge in [0, 0.05) is 0 Å². The third-order valence-corrected chi connectivity index (χ3v) is 3.64. The molecule has 1 aliphatic carbocycles. The van der Waals surface area contributed by atoms with E-state index in [1.807, 2.05) is 0 Å². The highest BCUT2D eigenvalue weighted by atomic mass is 19.2. The molecule has 2 nitrogen and oxygen atoms in total. The SMILES string of the molecule is NNC(/C1=C/CCCCCC1)c1ccc(F)c(F)c1. The van der Waals surface area contributed by atoms with Crippen LogP contribution in [0.2, 0.25) is 0 Å². The Bertz CT molecular complexity index is 457. The second-order valence-electron chi connectivity index (χ2n) is 5.01. The molecule has 1 unspecified atom stereocenters. The molecule has 2 rings (SSSR count). The normalized spacial score (nSPS) is 21.1. The number of hydrogen-bond donors (Lipinski definition) is 2. The summed E-state index contributed by atoms with van der Waals surface area (Å²) in [5.41, 5.74) is 4.57. The van der Waals surface area contributed by atoms with Crippen LogP contribution in [0.1, 0.15) is 50.1 Å². The molecule has 0 heterocycles. The summed E-state index contributed by atoms with van der Waals surface area (Å²) in [6.45, 7) is 0. The summed E-state index contributed by atoms with van der Waals surface area (Å²) in [7, 11) is 0. The Labute approximate surface area is 112 Å². The Kier molecular flexibility index (Phi) is 5.05. The summed E-state index contributed by atoms with van der Waals surface area (Å²) in [4.78, 5) is 0. The zero-order valence-electron chi connectivity index (χ0n) is 11.0. The molecule has 19 heavy (non-hydrogen) atoms. The van der Waals surface area contributed by atoms with Gasteiger partial charge in [0.1, 0.15) is 0 Å². The molecule has 0 saturated carbocycles. The minimum absolute atomic E-state index is 0.229. The lowest BCUT2D eigenvalue weighted by molar-refractivity contribution is 0.501. The zero-order chi connectivity index (χ0) is 13.7. The Balaban J connectivity index is 2.24. The molecule has 1 aliphatic rings. The topological polar surface area (TPSA) is 38.0 Å². The fourth-order valence-electron chi connectivity index (χ4n) is 2.59. The van der Waals surface area contributed by atoms with Gasteiger partial charge in [-0.05, 0) is 43.4 Å². The van der Waals surface area contributed by atoms with Crippen LogP contribution in [-0.2, 0) is 0 Å². The van der Waals surface area contributed by atoms with Gasteiger partial charge in [-0.3, -0.25) is 5.84 Å². The highest BCUT2D eigenvalue weighted by Gasteiger charge is 2.17. The number of nitrogens with two attached hydrogens (primary N) is 1. The lowest BCUT2D eigenvalue weighted by atomic mass is 9.91. The van der Waals surface area contributed by atoms with Gasteiger partial charge in [-0.25, -0.2) is 14.2 Å². The van der Waals surface area contributed by atoms with Crippen LogP contribution in [0, 0.1) is 11.6 Å². The van der Waals surface area contributed by atoms with E-state index in [4.69, 9.17) is 5.84 Å². The van der Waals surface area contributed by atoms with Gasteiger partial charge in [-0.1, -0.05) is 30.6 Å². The molecule has 0 fully saturated rings. The predicted octanol–water partition coefficient (Wildman–Crippen LogP) is 3.75. The molecule has 0 saturated heterocycles. The molecule has 3 N–H and O–H groups in total. The van der Waals surface area contributed by atoms with E-state index in [0.717, 1.165) is 25.3 Å². The minimum Gasteiger partial charge on any atom is -0.271 e. The van der Waals surface area contributed by atoms with Crippen molar-refractivity contribution in [3.05, 3.63) is 47.0 Å². The Morgan fingerprint density at radius 2 is 1.84 bits per heavy atom. The number of rotatable bonds is 3. The van der Waals surface area contributed by atoms with E-state index < -0.39 is 11.6 Å². The van der Waals surface area contributed by atoms with E-state index in [2.05, 4.69) is 11.5 Å². The first kappa shape index (κ1) is 14.2. The smallest absolute Gasteiger partial charge is 0.159 e. The van der Waals surface area contributed by atoms with Gasteiger partial charge >= 0.3 is 0 Å². The van der Waals surface area contributed by atoms with Crippen LogP contribution >= 0.6 is 0 Å². The number of hydrazine groups is 1. The monoisotopic (exact) mass is 266 g/mol. The van der Waals surface area contributed by atoms with Crippen LogP contribution in [0.4, 0.5) is 8.78 Å². The van der Waals surface area contributed by atoms with Gasteiger partial charge in [-0.15, -0.1) is 0 Å². The summed E-state index contributed by atoms with van der Waals surface area (Å²) in [5.74, 6) is 3.95. The first-order chi connectivity index (χ1) is 9.22. The molecule has 0 radical (unpaired) electrons. The van der Waals surface area contributed by atoms with Crippen molar-refractivity contribution in [1.82, 2.24) is 5.43 Å². The van der Waals surface area contributed by atoms with Crippen LogP contribution in [-0.4, -0.2) is 0 Å². The molecule has 1 aromatic rings. The molecular weight excluding hydrogens is 246 g/mol. The number of hydrogen-bond acceptors (Lipinski definition) is 2. The van der Waals surface area contributed by atoms with Gasteiger partial charge < -0.3 is 0 Å². The summed E-state index contributed by atoms with van der Waals surface area (Å²) in [6.07, 6.45) is 8.93. The first-order valence-electron chi connectivity index (χ1n) is 6.82. The molecule has 0 aliphatic heterocycles. The third-order valence-electron chi connectivity index (χ3n) is 3.64. The van der Waals surface area contributed by atoms with Gasteiger partial charge in [0.25, 0.3) is 0 Å². The fourth-order valence-corrected chi connectivity index (χ4v) is 2.59. The minimum atomic E-state index is -0.829. The maximum absolute atomic E-state index is 13.3. The first-order valence-corrected chi connectivity index (χ1v) is 6.82. The van der Waals surface area contributed by atoms with Crippen molar-refractivity contribution >= 4 is 0 Å². The summed E-state index contributed by atoms with van der Waals surface area (Å²) in [6, 6.07) is 3.73. The van der Waals surface area contributed by atoms with Crippen molar-refractivity contribution in [2.45, 2.75) is 44.6 Å². The molecule has 104 valence electrons. The number of allylic oxidation sites excluding steroid dienone is 1. The van der Waals surface area contributed by atoms with Crippen LogP contribution in [0.25, 0.3) is 0 Å². The molecule has 1 atom stereocenters. The lowest BCUT2D eigenvalue weighted by Crippen LogP contribution is -2.29. The van der Waals surface area contributed by atoms with Crippen molar-refractivity contribution in [2.75, 3.05) is 0 Å². The van der Waals surface area contributed by atoms with E-state index in [1.54, 1.807) is 6.07 Å². The largest absolute Gasteiger partial charge is 0.271 e. The highest BCUT2D eigenvalue weighted by molar-refractivity contribution is 5.29. The summed E-state index contributed by atoms with van der Waals surface area (Å²) >= 11 is 0. The van der Waals surface area contributed by atoms with Crippen LogP contribution < -0.4 is 11.3 Å². The fraction of sp³-hybridized carbons (Fsp3) is 0.467. The van der Waals surface area contributed by atoms with Crippen molar-refractivity contribution < 1.29 is 8.78 Å². The average molecular weight is 266 g/mol. The van der Waals surface area contributed by atoms with Crippen LogP contribution in [0.3, 0.4) is 0 Å². The molecule has 0 amide bonds. The van der Waals surface area contributed by atoms with Gasteiger partial charge in [0.05, 0.1) is 6.04 Å². The summed E-state index contributed by atoms with van der Waals surface area (Å²) in [5, 5.41) is 0. The second-order valence-corrected chi connectivity index (χ2v) is 5.01. The molecule has 0 bridgehead atoms. The number of halogens is 2. The molecule has 0 spiro atoms. The van der Waals surface area contributed by atoms with E-state index in [9.17, 15) is 8.78 Å². The van der Waals surface area contributed by atoms with E-state index in [0.29, 0.717) is 5.56 Å². The van der Waals surface area contributed by atoms with Crippen LogP contribution in [0.5, 0.6) is 0 Å².